The quantitative estimate of drug-likeness (QED) is 0.546. The van der Waals surface area contributed by atoms with Crippen LogP contribution in [-0.4, -0.2) is 29.2 Å². The largest absolute Gasteiger partial charge is 0.326 e. The van der Waals surface area contributed by atoms with E-state index in [1.165, 1.54) is 4.90 Å². The number of rotatable bonds is 4. The van der Waals surface area contributed by atoms with Crippen LogP contribution in [-0.2, 0) is 14.4 Å². The third-order valence-electron chi connectivity index (χ3n) is 6.86. The summed E-state index contributed by atoms with van der Waals surface area (Å²) in [6.07, 6.45) is 5.54. The molecule has 0 spiro atoms. The van der Waals surface area contributed by atoms with Gasteiger partial charge in [0, 0.05) is 23.1 Å². The molecule has 1 aromatic rings. The summed E-state index contributed by atoms with van der Waals surface area (Å²) in [5.41, 5.74) is 1.51. The normalized spacial score (nSPS) is 34.5. The van der Waals surface area contributed by atoms with Crippen LogP contribution < -0.4 is 5.32 Å². The van der Waals surface area contributed by atoms with E-state index in [2.05, 4.69) is 33.4 Å². The molecule has 0 aromatic heterocycles. The molecule has 2 saturated carbocycles. The van der Waals surface area contributed by atoms with E-state index >= 15 is 0 Å². The maximum atomic E-state index is 12.9. The first-order valence-corrected chi connectivity index (χ1v) is 10.8. The molecule has 2 bridgehead atoms. The van der Waals surface area contributed by atoms with E-state index in [0.29, 0.717) is 22.5 Å². The van der Waals surface area contributed by atoms with Gasteiger partial charge in [-0.2, -0.15) is 0 Å². The number of carbonyl (C=O) groups is 3. The first-order valence-electron chi connectivity index (χ1n) is 9.66. The van der Waals surface area contributed by atoms with E-state index in [4.69, 9.17) is 11.6 Å². The number of aryl methyl sites for hydroxylation is 1. The van der Waals surface area contributed by atoms with Gasteiger partial charge >= 0.3 is 0 Å². The number of carbonyl (C=O) groups excluding carboxylic acids is 3. The number of amides is 3. The molecule has 6 rings (SSSR count). The summed E-state index contributed by atoms with van der Waals surface area (Å²) < 4.78 is 0.766. The molecule has 1 aromatic carbocycles. The van der Waals surface area contributed by atoms with Crippen LogP contribution in [0.15, 0.2) is 28.8 Å². The molecule has 1 N–H and O–H groups in total. The van der Waals surface area contributed by atoms with Crippen molar-refractivity contribution >= 4 is 50.9 Å². The fraction of sp³-hybridized carbons (Fsp3) is 0.476. The Labute approximate surface area is 176 Å². The van der Waals surface area contributed by atoms with E-state index in [-0.39, 0.29) is 54.4 Å². The van der Waals surface area contributed by atoms with Crippen molar-refractivity contribution < 1.29 is 14.4 Å². The van der Waals surface area contributed by atoms with Gasteiger partial charge < -0.3 is 5.32 Å². The number of benzene rings is 1. The highest BCUT2D eigenvalue weighted by atomic mass is 79.9. The van der Waals surface area contributed by atoms with Crippen molar-refractivity contribution in [2.45, 2.75) is 19.8 Å². The minimum Gasteiger partial charge on any atom is -0.326 e. The second kappa shape index (κ2) is 6.42. The van der Waals surface area contributed by atoms with Gasteiger partial charge in [-0.1, -0.05) is 23.8 Å². The van der Waals surface area contributed by atoms with Gasteiger partial charge in [0.2, 0.25) is 17.7 Å². The van der Waals surface area contributed by atoms with Gasteiger partial charge in [0.15, 0.2) is 0 Å². The Morgan fingerprint density at radius 2 is 1.79 bits per heavy atom. The van der Waals surface area contributed by atoms with Gasteiger partial charge in [0.25, 0.3) is 0 Å². The SMILES string of the molecule is Cc1cc(Br)c(Cl)cc1NC(=O)CCN1C(=O)[C@H]2[C@@H]3C=C[C@@H]([C@H]4C[C@H]34)[C@@H]2C1=O. The second-order valence-corrected chi connectivity index (χ2v) is 9.62. The number of nitrogens with zero attached hydrogens (tertiary/aromatic N) is 1. The van der Waals surface area contributed by atoms with E-state index in [9.17, 15) is 14.4 Å². The van der Waals surface area contributed by atoms with Crippen LogP contribution in [0.5, 0.6) is 0 Å². The molecule has 7 heteroatoms. The molecule has 0 radical (unpaired) electrons. The number of allylic oxidation sites excluding steroid dienone is 2. The molecule has 1 heterocycles. The van der Waals surface area contributed by atoms with Crippen molar-refractivity contribution in [2.24, 2.45) is 35.5 Å². The smallest absolute Gasteiger partial charge is 0.233 e. The number of anilines is 1. The predicted octanol–water partition coefficient (Wildman–Crippen LogP) is 3.79. The third-order valence-corrected chi connectivity index (χ3v) is 8.06. The van der Waals surface area contributed by atoms with Crippen LogP contribution in [0.4, 0.5) is 5.69 Å². The molecule has 28 heavy (non-hydrogen) atoms. The lowest BCUT2D eigenvalue weighted by atomic mass is 9.63. The summed E-state index contributed by atoms with van der Waals surface area (Å²) in [5.74, 6) is 0.767. The molecule has 3 amide bonds. The molecular formula is C21H20BrClN2O3. The second-order valence-electron chi connectivity index (χ2n) is 8.36. The van der Waals surface area contributed by atoms with E-state index in [0.717, 1.165) is 16.5 Å². The van der Waals surface area contributed by atoms with Crippen molar-refractivity contribution in [3.05, 3.63) is 39.3 Å². The molecule has 146 valence electrons. The lowest BCUT2D eigenvalue weighted by molar-refractivity contribution is -0.140. The maximum absolute atomic E-state index is 12.9. The van der Waals surface area contributed by atoms with Crippen molar-refractivity contribution in [3.63, 3.8) is 0 Å². The van der Waals surface area contributed by atoms with Crippen LogP contribution in [0, 0.1) is 42.4 Å². The zero-order valence-electron chi connectivity index (χ0n) is 15.3. The zero-order valence-corrected chi connectivity index (χ0v) is 17.7. The minimum atomic E-state index is -0.235. The fourth-order valence-electron chi connectivity index (χ4n) is 5.45. The number of halogens is 2. The summed E-state index contributed by atoms with van der Waals surface area (Å²) in [5, 5.41) is 3.34. The number of hydrogen-bond donors (Lipinski definition) is 1. The molecular weight excluding hydrogens is 444 g/mol. The highest BCUT2D eigenvalue weighted by molar-refractivity contribution is 9.10. The number of nitrogens with one attached hydrogen (secondary N) is 1. The topological polar surface area (TPSA) is 66.5 Å². The Morgan fingerprint density at radius 3 is 2.39 bits per heavy atom. The first kappa shape index (κ1) is 18.4. The van der Waals surface area contributed by atoms with E-state index in [1.54, 1.807) is 6.07 Å². The Morgan fingerprint density at radius 1 is 1.18 bits per heavy atom. The van der Waals surface area contributed by atoms with Gasteiger partial charge in [0.1, 0.15) is 0 Å². The average Bonchev–Trinajstić information content (AvgIpc) is 3.43. The number of likely N-dealkylation sites (tertiary alicyclic amines) is 1. The Kier molecular flexibility index (Phi) is 4.22. The van der Waals surface area contributed by atoms with Gasteiger partial charge in [-0.3, -0.25) is 19.3 Å². The van der Waals surface area contributed by atoms with Crippen LogP contribution in [0.2, 0.25) is 5.02 Å². The highest BCUT2D eigenvalue weighted by Crippen LogP contribution is 2.65. The number of hydrogen-bond acceptors (Lipinski definition) is 3. The third kappa shape index (κ3) is 2.68. The summed E-state index contributed by atoms with van der Waals surface area (Å²) in [4.78, 5) is 39.6. The molecule has 6 atom stereocenters. The van der Waals surface area contributed by atoms with Gasteiger partial charge in [-0.05, 0) is 70.6 Å². The van der Waals surface area contributed by atoms with E-state index in [1.807, 2.05) is 13.0 Å². The summed E-state index contributed by atoms with van der Waals surface area (Å²) in [7, 11) is 0. The Bertz CT molecular complexity index is 910. The van der Waals surface area contributed by atoms with Gasteiger partial charge in [-0.25, -0.2) is 0 Å². The van der Waals surface area contributed by atoms with E-state index < -0.39 is 0 Å². The summed E-state index contributed by atoms with van der Waals surface area (Å²) in [6.45, 7) is 2.01. The molecule has 0 unspecified atom stereocenters. The van der Waals surface area contributed by atoms with Crippen LogP contribution in [0.3, 0.4) is 0 Å². The first-order chi connectivity index (χ1) is 13.4. The van der Waals surface area contributed by atoms with Crippen LogP contribution in [0.25, 0.3) is 0 Å². The van der Waals surface area contributed by atoms with Crippen molar-refractivity contribution in [1.29, 1.82) is 0 Å². The molecule has 3 fully saturated rings. The monoisotopic (exact) mass is 462 g/mol. The molecule has 5 aliphatic rings. The van der Waals surface area contributed by atoms with Crippen molar-refractivity contribution in [1.82, 2.24) is 4.90 Å². The average molecular weight is 464 g/mol. The van der Waals surface area contributed by atoms with Crippen molar-refractivity contribution in [3.8, 4) is 0 Å². The fourth-order valence-corrected chi connectivity index (χ4v) is 6.07. The molecule has 1 aliphatic heterocycles. The molecule has 5 nitrogen and oxygen atoms in total. The lowest BCUT2D eigenvalue weighted by Gasteiger charge is -2.37. The number of imide groups is 1. The molecule has 1 saturated heterocycles. The zero-order chi connectivity index (χ0) is 19.7. The predicted molar refractivity (Wildman–Crippen MR) is 109 cm³/mol. The Hall–Kier alpha value is -1.66. The molecule has 4 aliphatic carbocycles. The van der Waals surface area contributed by atoms with Crippen molar-refractivity contribution in [2.75, 3.05) is 11.9 Å². The van der Waals surface area contributed by atoms with Crippen LogP contribution in [0.1, 0.15) is 18.4 Å². The lowest BCUT2D eigenvalue weighted by Crippen LogP contribution is -2.40. The van der Waals surface area contributed by atoms with Gasteiger partial charge in [-0.15, -0.1) is 0 Å². The Balaban J connectivity index is 1.25. The summed E-state index contributed by atoms with van der Waals surface area (Å²) >= 11 is 9.46. The summed E-state index contributed by atoms with van der Waals surface area (Å²) in [6, 6.07) is 3.53. The standard InChI is InChI=1S/C21H20BrClN2O3/c1-9-6-14(22)15(23)8-16(9)24-17(26)4-5-25-20(27)18-10-2-3-11(13-7-12(10)13)19(18)21(25)28/h2-3,6,8,10-13,18-19H,4-5,7H2,1H3,(H,24,26)/t10-,11+,12-,13-,18+,19+/m1/s1. The maximum Gasteiger partial charge on any atom is 0.233 e. The van der Waals surface area contributed by atoms with Gasteiger partial charge in [0.05, 0.1) is 16.9 Å². The van der Waals surface area contributed by atoms with Crippen LogP contribution >= 0.6 is 27.5 Å². The minimum absolute atomic E-state index is 0.0830. The highest BCUT2D eigenvalue weighted by Gasteiger charge is 2.66.